The summed E-state index contributed by atoms with van der Waals surface area (Å²) in [5.41, 5.74) is 6.53. The van der Waals surface area contributed by atoms with Crippen molar-refractivity contribution in [1.29, 1.82) is 0 Å². The molecule has 6 nitrogen and oxygen atoms in total. The van der Waals surface area contributed by atoms with E-state index in [9.17, 15) is 9.59 Å². The van der Waals surface area contributed by atoms with Crippen molar-refractivity contribution in [2.24, 2.45) is 11.7 Å². The number of carbonyl (C=O) groups is 2. The summed E-state index contributed by atoms with van der Waals surface area (Å²) in [6.07, 6.45) is 8.04. The number of pyridine rings is 1. The third-order valence-corrected chi connectivity index (χ3v) is 4.65. The summed E-state index contributed by atoms with van der Waals surface area (Å²) in [6, 6.07) is 3.73. The summed E-state index contributed by atoms with van der Waals surface area (Å²) in [6.45, 7) is 3.94. The fourth-order valence-electron chi connectivity index (χ4n) is 3.12. The molecule has 1 aromatic heterocycles. The average molecular weight is 346 g/mol. The van der Waals surface area contributed by atoms with Gasteiger partial charge in [-0.05, 0) is 50.8 Å². The summed E-state index contributed by atoms with van der Waals surface area (Å²) in [5.74, 6) is 0.535. The van der Waals surface area contributed by atoms with E-state index in [1.54, 1.807) is 12.3 Å². The molecule has 1 aliphatic rings. The standard InChI is InChI=1S/C19H30N4O2/c1-15-9-10-17(21-13-15)22-19(25)16-7-6-12-23(14-16)18(24)8-4-2-3-5-11-20/h9-10,13,16H,2-8,11-12,14,20H2,1H3,(H,21,22,25). The first kappa shape index (κ1) is 19.4. The number of likely N-dealkylation sites (tertiary alicyclic amines) is 1. The largest absolute Gasteiger partial charge is 0.342 e. The highest BCUT2D eigenvalue weighted by Crippen LogP contribution is 2.19. The minimum absolute atomic E-state index is 0.0446. The van der Waals surface area contributed by atoms with Crippen molar-refractivity contribution in [3.8, 4) is 0 Å². The Labute approximate surface area is 150 Å². The zero-order chi connectivity index (χ0) is 18.1. The molecule has 1 aliphatic heterocycles. The Bertz CT molecular complexity index is 559. The van der Waals surface area contributed by atoms with Gasteiger partial charge in [-0.2, -0.15) is 0 Å². The molecule has 2 amide bonds. The SMILES string of the molecule is Cc1ccc(NC(=O)C2CCCN(C(=O)CCCCCCN)C2)nc1. The second-order valence-corrected chi connectivity index (χ2v) is 6.84. The fourth-order valence-corrected chi connectivity index (χ4v) is 3.12. The smallest absolute Gasteiger partial charge is 0.230 e. The van der Waals surface area contributed by atoms with Crippen molar-refractivity contribution in [3.63, 3.8) is 0 Å². The number of aromatic nitrogens is 1. The molecule has 2 rings (SSSR count). The molecule has 138 valence electrons. The van der Waals surface area contributed by atoms with Crippen LogP contribution in [0.25, 0.3) is 0 Å². The molecule has 2 heterocycles. The highest BCUT2D eigenvalue weighted by molar-refractivity contribution is 5.92. The quantitative estimate of drug-likeness (QED) is 0.708. The lowest BCUT2D eigenvalue weighted by atomic mass is 9.96. The number of anilines is 1. The number of rotatable bonds is 8. The van der Waals surface area contributed by atoms with E-state index in [-0.39, 0.29) is 17.7 Å². The van der Waals surface area contributed by atoms with Crippen LogP contribution >= 0.6 is 0 Å². The number of aryl methyl sites for hydroxylation is 1. The van der Waals surface area contributed by atoms with E-state index in [1.807, 2.05) is 17.9 Å². The van der Waals surface area contributed by atoms with Crippen molar-refractivity contribution in [1.82, 2.24) is 9.88 Å². The van der Waals surface area contributed by atoms with Gasteiger partial charge in [0.25, 0.3) is 0 Å². The molecule has 6 heteroatoms. The van der Waals surface area contributed by atoms with Crippen molar-refractivity contribution in [2.45, 2.75) is 51.9 Å². The summed E-state index contributed by atoms with van der Waals surface area (Å²) < 4.78 is 0. The summed E-state index contributed by atoms with van der Waals surface area (Å²) >= 11 is 0. The second kappa shape index (κ2) is 10.1. The maximum Gasteiger partial charge on any atom is 0.230 e. The van der Waals surface area contributed by atoms with E-state index in [1.165, 1.54) is 0 Å². The van der Waals surface area contributed by atoms with Crippen LogP contribution in [-0.2, 0) is 9.59 Å². The van der Waals surface area contributed by atoms with Gasteiger partial charge in [0.15, 0.2) is 0 Å². The molecule has 0 radical (unpaired) electrons. The summed E-state index contributed by atoms with van der Waals surface area (Å²) in [7, 11) is 0. The van der Waals surface area contributed by atoms with Crippen LogP contribution in [-0.4, -0.2) is 41.3 Å². The Morgan fingerprint density at radius 3 is 2.80 bits per heavy atom. The first-order chi connectivity index (χ1) is 12.1. The first-order valence-electron chi connectivity index (χ1n) is 9.31. The van der Waals surface area contributed by atoms with E-state index in [4.69, 9.17) is 5.73 Å². The fraction of sp³-hybridized carbons (Fsp3) is 0.632. The molecule has 25 heavy (non-hydrogen) atoms. The van der Waals surface area contributed by atoms with Crippen molar-refractivity contribution in [3.05, 3.63) is 23.9 Å². The highest BCUT2D eigenvalue weighted by atomic mass is 16.2. The van der Waals surface area contributed by atoms with Gasteiger partial charge in [-0.25, -0.2) is 4.98 Å². The lowest BCUT2D eigenvalue weighted by Gasteiger charge is -2.32. The Kier molecular flexibility index (Phi) is 7.85. The number of nitrogens with two attached hydrogens (primary N) is 1. The average Bonchev–Trinajstić information content (AvgIpc) is 2.63. The third kappa shape index (κ3) is 6.46. The maximum absolute atomic E-state index is 12.5. The van der Waals surface area contributed by atoms with Crippen molar-refractivity contribution < 1.29 is 9.59 Å². The zero-order valence-electron chi connectivity index (χ0n) is 15.2. The Morgan fingerprint density at radius 1 is 1.28 bits per heavy atom. The number of piperidine rings is 1. The van der Waals surface area contributed by atoms with Gasteiger partial charge in [0.05, 0.1) is 5.92 Å². The molecule has 1 aromatic rings. The molecule has 0 aromatic carbocycles. The molecular formula is C19H30N4O2. The molecular weight excluding hydrogens is 316 g/mol. The molecule has 1 fully saturated rings. The second-order valence-electron chi connectivity index (χ2n) is 6.84. The van der Waals surface area contributed by atoms with Gasteiger partial charge in [0, 0.05) is 25.7 Å². The van der Waals surface area contributed by atoms with Crippen LogP contribution in [0, 0.1) is 12.8 Å². The van der Waals surface area contributed by atoms with Gasteiger partial charge in [0.1, 0.15) is 5.82 Å². The van der Waals surface area contributed by atoms with Crippen LogP contribution in [0.3, 0.4) is 0 Å². The first-order valence-corrected chi connectivity index (χ1v) is 9.31. The van der Waals surface area contributed by atoms with E-state index in [2.05, 4.69) is 10.3 Å². The Balaban J connectivity index is 1.78. The van der Waals surface area contributed by atoms with Crippen LogP contribution in [0.2, 0.25) is 0 Å². The van der Waals surface area contributed by atoms with Gasteiger partial charge in [0.2, 0.25) is 11.8 Å². The van der Waals surface area contributed by atoms with Crippen LogP contribution in [0.1, 0.15) is 50.5 Å². The topological polar surface area (TPSA) is 88.3 Å². The monoisotopic (exact) mass is 346 g/mol. The number of hydrogen-bond acceptors (Lipinski definition) is 4. The van der Waals surface area contributed by atoms with Gasteiger partial charge in [-0.1, -0.05) is 18.9 Å². The van der Waals surface area contributed by atoms with Crippen LogP contribution < -0.4 is 11.1 Å². The third-order valence-electron chi connectivity index (χ3n) is 4.65. The number of unbranched alkanes of at least 4 members (excludes halogenated alkanes) is 3. The molecule has 1 unspecified atom stereocenters. The Hall–Kier alpha value is -1.95. The lowest BCUT2D eigenvalue weighted by molar-refractivity contribution is -0.134. The molecule has 1 atom stereocenters. The van der Waals surface area contributed by atoms with E-state index in [0.29, 0.717) is 25.3 Å². The van der Waals surface area contributed by atoms with E-state index < -0.39 is 0 Å². The van der Waals surface area contributed by atoms with Crippen molar-refractivity contribution >= 4 is 17.6 Å². The number of amides is 2. The molecule has 0 spiro atoms. The summed E-state index contributed by atoms with van der Waals surface area (Å²) in [5, 5.41) is 2.86. The normalized spacial score (nSPS) is 17.4. The molecule has 0 bridgehead atoms. The van der Waals surface area contributed by atoms with E-state index in [0.717, 1.165) is 50.6 Å². The molecule has 1 saturated heterocycles. The van der Waals surface area contributed by atoms with Gasteiger partial charge >= 0.3 is 0 Å². The zero-order valence-corrected chi connectivity index (χ0v) is 15.2. The van der Waals surface area contributed by atoms with Gasteiger partial charge in [-0.3, -0.25) is 9.59 Å². The van der Waals surface area contributed by atoms with Gasteiger partial charge in [-0.15, -0.1) is 0 Å². The highest BCUT2D eigenvalue weighted by Gasteiger charge is 2.28. The van der Waals surface area contributed by atoms with Crippen LogP contribution in [0.4, 0.5) is 5.82 Å². The Morgan fingerprint density at radius 2 is 2.08 bits per heavy atom. The predicted octanol–water partition coefficient (Wildman–Crippen LogP) is 2.48. The number of hydrogen-bond donors (Lipinski definition) is 2. The predicted molar refractivity (Wildman–Crippen MR) is 99.0 cm³/mol. The van der Waals surface area contributed by atoms with Gasteiger partial charge < -0.3 is 16.0 Å². The summed E-state index contributed by atoms with van der Waals surface area (Å²) in [4.78, 5) is 30.9. The number of nitrogens with zero attached hydrogens (tertiary/aromatic N) is 2. The van der Waals surface area contributed by atoms with Crippen molar-refractivity contribution in [2.75, 3.05) is 25.0 Å². The molecule has 0 aliphatic carbocycles. The van der Waals surface area contributed by atoms with E-state index >= 15 is 0 Å². The van der Waals surface area contributed by atoms with Crippen LogP contribution in [0.5, 0.6) is 0 Å². The molecule has 3 N–H and O–H groups in total. The molecule has 0 saturated carbocycles. The van der Waals surface area contributed by atoms with Crippen LogP contribution in [0.15, 0.2) is 18.3 Å². The minimum Gasteiger partial charge on any atom is -0.342 e. The number of nitrogens with one attached hydrogen (secondary N) is 1. The maximum atomic E-state index is 12.5. The lowest BCUT2D eigenvalue weighted by Crippen LogP contribution is -2.43. The minimum atomic E-state index is -0.155. The number of carbonyl (C=O) groups excluding carboxylic acids is 2.